The minimum absolute atomic E-state index is 0.448. The second-order valence-corrected chi connectivity index (χ2v) is 5.87. The number of nitrogens with one attached hydrogen (secondary N) is 1. The lowest BCUT2D eigenvalue weighted by Gasteiger charge is -2.17. The molecule has 0 bridgehead atoms. The Kier molecular flexibility index (Phi) is 5.92. The number of benzene rings is 1. The molecule has 3 nitrogen and oxygen atoms in total. The van der Waals surface area contributed by atoms with Crippen molar-refractivity contribution in [2.24, 2.45) is 0 Å². The van der Waals surface area contributed by atoms with Gasteiger partial charge in [-0.1, -0.05) is 27.7 Å². The molecule has 2 atom stereocenters. The standard InChI is InChI=1S/C18H29NO2/c1-5-8-20-17-11-14-13(4)10-16(19-7-3)15(14)12-18(17)21-9-6-2/h11-13,16,19H,5-10H2,1-4H3. The van der Waals surface area contributed by atoms with Crippen molar-refractivity contribution in [3.05, 3.63) is 23.3 Å². The molecule has 1 aromatic carbocycles. The molecule has 1 aliphatic carbocycles. The second-order valence-electron chi connectivity index (χ2n) is 5.87. The van der Waals surface area contributed by atoms with E-state index in [-0.39, 0.29) is 0 Å². The van der Waals surface area contributed by atoms with Gasteiger partial charge in [0.2, 0.25) is 0 Å². The fraction of sp³-hybridized carbons (Fsp3) is 0.667. The Balaban J connectivity index is 2.31. The van der Waals surface area contributed by atoms with Gasteiger partial charge in [0, 0.05) is 6.04 Å². The Hall–Kier alpha value is -1.22. The monoisotopic (exact) mass is 291 g/mol. The predicted molar refractivity (Wildman–Crippen MR) is 87.5 cm³/mol. The minimum atomic E-state index is 0.448. The van der Waals surface area contributed by atoms with Crippen LogP contribution in [0, 0.1) is 0 Å². The number of hydrogen-bond acceptors (Lipinski definition) is 3. The van der Waals surface area contributed by atoms with Gasteiger partial charge in [-0.15, -0.1) is 0 Å². The highest BCUT2D eigenvalue weighted by atomic mass is 16.5. The van der Waals surface area contributed by atoms with E-state index in [0.29, 0.717) is 12.0 Å². The van der Waals surface area contributed by atoms with Crippen molar-refractivity contribution >= 4 is 0 Å². The molecule has 3 heteroatoms. The highest BCUT2D eigenvalue weighted by molar-refractivity contribution is 5.51. The van der Waals surface area contributed by atoms with Gasteiger partial charge in [-0.2, -0.15) is 0 Å². The van der Waals surface area contributed by atoms with Crippen LogP contribution in [0.15, 0.2) is 12.1 Å². The van der Waals surface area contributed by atoms with Gasteiger partial charge in [0.15, 0.2) is 11.5 Å². The van der Waals surface area contributed by atoms with E-state index in [2.05, 4.69) is 45.1 Å². The fourth-order valence-corrected chi connectivity index (χ4v) is 3.02. The van der Waals surface area contributed by atoms with Gasteiger partial charge in [0.05, 0.1) is 13.2 Å². The Morgan fingerprint density at radius 1 is 1.00 bits per heavy atom. The summed E-state index contributed by atoms with van der Waals surface area (Å²) >= 11 is 0. The summed E-state index contributed by atoms with van der Waals surface area (Å²) in [7, 11) is 0. The SMILES string of the molecule is CCCOc1cc2c(cc1OCCC)C(NCC)CC2C. The van der Waals surface area contributed by atoms with E-state index in [1.165, 1.54) is 11.1 Å². The molecule has 2 rings (SSSR count). The Labute approximate surface area is 129 Å². The van der Waals surface area contributed by atoms with Crippen LogP contribution in [0.2, 0.25) is 0 Å². The molecular formula is C18H29NO2. The van der Waals surface area contributed by atoms with E-state index < -0.39 is 0 Å². The van der Waals surface area contributed by atoms with Gasteiger partial charge in [-0.3, -0.25) is 0 Å². The summed E-state index contributed by atoms with van der Waals surface area (Å²) in [5, 5.41) is 3.58. The van der Waals surface area contributed by atoms with Gasteiger partial charge in [-0.25, -0.2) is 0 Å². The van der Waals surface area contributed by atoms with Crippen molar-refractivity contribution in [2.45, 2.75) is 58.9 Å². The Morgan fingerprint density at radius 2 is 1.57 bits per heavy atom. The highest BCUT2D eigenvalue weighted by Crippen LogP contribution is 2.45. The molecule has 118 valence electrons. The fourth-order valence-electron chi connectivity index (χ4n) is 3.02. The molecule has 1 aromatic rings. The van der Waals surface area contributed by atoms with Crippen LogP contribution in [0.25, 0.3) is 0 Å². The third-order valence-electron chi connectivity index (χ3n) is 4.02. The quantitative estimate of drug-likeness (QED) is 0.769. The van der Waals surface area contributed by atoms with Crippen molar-refractivity contribution in [3.63, 3.8) is 0 Å². The molecule has 21 heavy (non-hydrogen) atoms. The lowest BCUT2D eigenvalue weighted by Crippen LogP contribution is -2.18. The molecule has 0 fully saturated rings. The first-order valence-electron chi connectivity index (χ1n) is 8.38. The number of hydrogen-bond donors (Lipinski definition) is 1. The van der Waals surface area contributed by atoms with Crippen LogP contribution < -0.4 is 14.8 Å². The first-order chi connectivity index (χ1) is 10.2. The zero-order chi connectivity index (χ0) is 15.2. The summed E-state index contributed by atoms with van der Waals surface area (Å²) in [5.41, 5.74) is 2.80. The predicted octanol–water partition coefficient (Wildman–Crippen LogP) is 4.42. The summed E-state index contributed by atoms with van der Waals surface area (Å²) in [4.78, 5) is 0. The lowest BCUT2D eigenvalue weighted by atomic mass is 10.0. The largest absolute Gasteiger partial charge is 0.490 e. The lowest BCUT2D eigenvalue weighted by molar-refractivity contribution is 0.268. The van der Waals surface area contributed by atoms with E-state index in [9.17, 15) is 0 Å². The first-order valence-corrected chi connectivity index (χ1v) is 8.38. The third-order valence-corrected chi connectivity index (χ3v) is 4.02. The highest BCUT2D eigenvalue weighted by Gasteiger charge is 2.29. The van der Waals surface area contributed by atoms with E-state index in [1.807, 2.05) is 0 Å². The molecule has 0 amide bonds. The zero-order valence-corrected chi connectivity index (χ0v) is 13.9. The molecule has 2 unspecified atom stereocenters. The summed E-state index contributed by atoms with van der Waals surface area (Å²) < 4.78 is 11.8. The molecule has 0 aliphatic heterocycles. The van der Waals surface area contributed by atoms with Crippen molar-refractivity contribution in [2.75, 3.05) is 19.8 Å². The molecule has 1 N–H and O–H groups in total. The number of rotatable bonds is 8. The average molecular weight is 291 g/mol. The van der Waals surface area contributed by atoms with Crippen molar-refractivity contribution in [1.82, 2.24) is 5.32 Å². The maximum Gasteiger partial charge on any atom is 0.161 e. The molecule has 0 saturated heterocycles. The first kappa shape index (κ1) is 16.2. The van der Waals surface area contributed by atoms with Crippen LogP contribution in [0.3, 0.4) is 0 Å². The van der Waals surface area contributed by atoms with Gasteiger partial charge in [0.25, 0.3) is 0 Å². The smallest absolute Gasteiger partial charge is 0.161 e. The second kappa shape index (κ2) is 7.69. The molecule has 0 aromatic heterocycles. The van der Waals surface area contributed by atoms with E-state index in [4.69, 9.17) is 9.47 Å². The average Bonchev–Trinajstić information content (AvgIpc) is 2.78. The van der Waals surface area contributed by atoms with Crippen molar-refractivity contribution < 1.29 is 9.47 Å². The molecule has 0 heterocycles. The van der Waals surface area contributed by atoms with Gasteiger partial charge < -0.3 is 14.8 Å². The maximum absolute atomic E-state index is 5.92. The van der Waals surface area contributed by atoms with Crippen molar-refractivity contribution in [3.8, 4) is 11.5 Å². The van der Waals surface area contributed by atoms with Gasteiger partial charge in [-0.05, 0) is 55.0 Å². The number of ether oxygens (including phenoxy) is 2. The summed E-state index contributed by atoms with van der Waals surface area (Å²) in [6.45, 7) is 11.2. The normalized spacial score (nSPS) is 20.4. The van der Waals surface area contributed by atoms with E-state index in [1.54, 1.807) is 0 Å². The van der Waals surface area contributed by atoms with Gasteiger partial charge in [0.1, 0.15) is 0 Å². The van der Waals surface area contributed by atoms with Crippen LogP contribution >= 0.6 is 0 Å². The summed E-state index contributed by atoms with van der Waals surface area (Å²) in [5.74, 6) is 2.39. The van der Waals surface area contributed by atoms with Crippen LogP contribution in [0.1, 0.15) is 70.0 Å². The van der Waals surface area contributed by atoms with Crippen molar-refractivity contribution in [1.29, 1.82) is 0 Å². The maximum atomic E-state index is 5.92. The third kappa shape index (κ3) is 3.70. The summed E-state index contributed by atoms with van der Waals surface area (Å²) in [6, 6.07) is 4.86. The number of fused-ring (bicyclic) bond motifs is 1. The molecule has 1 aliphatic rings. The van der Waals surface area contributed by atoms with Gasteiger partial charge >= 0.3 is 0 Å². The summed E-state index contributed by atoms with van der Waals surface area (Å²) in [6.07, 6.45) is 3.19. The topological polar surface area (TPSA) is 30.5 Å². The minimum Gasteiger partial charge on any atom is -0.490 e. The Morgan fingerprint density at radius 3 is 2.10 bits per heavy atom. The zero-order valence-electron chi connectivity index (χ0n) is 13.9. The van der Waals surface area contributed by atoms with Crippen LogP contribution in [0.5, 0.6) is 11.5 Å². The van der Waals surface area contributed by atoms with Crippen LogP contribution in [0.4, 0.5) is 0 Å². The molecular weight excluding hydrogens is 262 g/mol. The van der Waals surface area contributed by atoms with Crippen LogP contribution in [-0.2, 0) is 0 Å². The molecule has 0 radical (unpaired) electrons. The van der Waals surface area contributed by atoms with E-state index >= 15 is 0 Å². The Bertz CT molecular complexity index is 459. The molecule has 0 saturated carbocycles. The van der Waals surface area contributed by atoms with Crippen LogP contribution in [-0.4, -0.2) is 19.8 Å². The van der Waals surface area contributed by atoms with E-state index in [0.717, 1.165) is 50.5 Å². The molecule has 0 spiro atoms.